The first-order valence-corrected chi connectivity index (χ1v) is 4.63. The molecule has 0 bridgehead atoms. The van der Waals surface area contributed by atoms with E-state index in [0.29, 0.717) is 0 Å². The van der Waals surface area contributed by atoms with Gasteiger partial charge in [0.15, 0.2) is 0 Å². The lowest BCUT2D eigenvalue weighted by Crippen LogP contribution is -1.97. The number of aliphatic hydroxyl groups is 1. The van der Waals surface area contributed by atoms with Crippen LogP contribution in [0.5, 0.6) is 0 Å². The number of benzene rings is 1. The van der Waals surface area contributed by atoms with Gasteiger partial charge in [0.25, 0.3) is 0 Å². The molecule has 0 aliphatic rings. The Morgan fingerprint density at radius 2 is 1.93 bits per heavy atom. The van der Waals surface area contributed by atoms with Gasteiger partial charge in [-0.05, 0) is 5.56 Å². The normalized spacial score (nSPS) is 10.8. The summed E-state index contributed by atoms with van der Waals surface area (Å²) < 4.78 is 0. The van der Waals surface area contributed by atoms with Crippen LogP contribution in [0.25, 0.3) is 0 Å². The van der Waals surface area contributed by atoms with Crippen LogP contribution < -0.4 is 0 Å². The second-order valence-electron chi connectivity index (χ2n) is 3.04. The van der Waals surface area contributed by atoms with E-state index in [1.165, 1.54) is 5.56 Å². The van der Waals surface area contributed by atoms with Crippen LogP contribution in [-0.4, -0.2) is 22.8 Å². The topological polar surface area (TPSA) is 57.5 Å². The van der Waals surface area contributed by atoms with Crippen molar-refractivity contribution in [3.05, 3.63) is 48.6 Å². The SMILES string of the molecule is C=CC(=O)O.CC(CO)c1ccccc1. The van der Waals surface area contributed by atoms with Crippen molar-refractivity contribution < 1.29 is 15.0 Å². The van der Waals surface area contributed by atoms with Crippen LogP contribution in [0.3, 0.4) is 0 Å². The van der Waals surface area contributed by atoms with Crippen molar-refractivity contribution >= 4 is 5.97 Å². The van der Waals surface area contributed by atoms with Crippen molar-refractivity contribution in [2.45, 2.75) is 12.8 Å². The maximum absolute atomic E-state index is 9.25. The van der Waals surface area contributed by atoms with Gasteiger partial charge in [-0.3, -0.25) is 0 Å². The zero-order chi connectivity index (χ0) is 11.7. The van der Waals surface area contributed by atoms with Crippen molar-refractivity contribution in [1.29, 1.82) is 0 Å². The fourth-order valence-electron chi connectivity index (χ4n) is 0.887. The molecule has 3 nitrogen and oxygen atoms in total. The molecule has 1 atom stereocenters. The molecule has 3 heteroatoms. The Morgan fingerprint density at radius 1 is 1.47 bits per heavy atom. The van der Waals surface area contributed by atoms with Crippen molar-refractivity contribution in [1.82, 2.24) is 0 Å². The van der Waals surface area contributed by atoms with Gasteiger partial charge in [-0.1, -0.05) is 43.8 Å². The molecule has 1 aromatic carbocycles. The summed E-state index contributed by atoms with van der Waals surface area (Å²) in [7, 11) is 0. The van der Waals surface area contributed by atoms with E-state index >= 15 is 0 Å². The summed E-state index contributed by atoms with van der Waals surface area (Å²) >= 11 is 0. The fraction of sp³-hybridized carbons (Fsp3) is 0.250. The van der Waals surface area contributed by atoms with E-state index in [-0.39, 0.29) is 12.5 Å². The Bertz CT molecular complexity index is 293. The third kappa shape index (κ3) is 6.46. The molecule has 1 rings (SSSR count). The fourth-order valence-corrected chi connectivity index (χ4v) is 0.887. The summed E-state index contributed by atoms with van der Waals surface area (Å²) in [6.45, 7) is 5.20. The van der Waals surface area contributed by atoms with Crippen LogP contribution in [-0.2, 0) is 4.79 Å². The van der Waals surface area contributed by atoms with Crippen molar-refractivity contribution in [2.24, 2.45) is 0 Å². The van der Waals surface area contributed by atoms with E-state index < -0.39 is 5.97 Å². The Balaban J connectivity index is 0.000000336. The molecule has 15 heavy (non-hydrogen) atoms. The lowest BCUT2D eigenvalue weighted by molar-refractivity contribution is -0.131. The molecule has 82 valence electrons. The molecule has 0 saturated heterocycles. The van der Waals surface area contributed by atoms with Crippen LogP contribution in [0, 0.1) is 0 Å². The predicted octanol–water partition coefficient (Wildman–Crippen LogP) is 2.04. The molecule has 0 saturated carbocycles. The van der Waals surface area contributed by atoms with E-state index in [4.69, 9.17) is 10.2 Å². The van der Waals surface area contributed by atoms with Gasteiger partial charge >= 0.3 is 5.97 Å². The largest absolute Gasteiger partial charge is 0.478 e. The second-order valence-corrected chi connectivity index (χ2v) is 3.04. The van der Waals surface area contributed by atoms with E-state index in [9.17, 15) is 4.79 Å². The summed E-state index contributed by atoms with van der Waals surface area (Å²) in [5.41, 5.74) is 1.20. The highest BCUT2D eigenvalue weighted by atomic mass is 16.4. The van der Waals surface area contributed by atoms with Crippen molar-refractivity contribution in [3.63, 3.8) is 0 Å². The van der Waals surface area contributed by atoms with Gasteiger partial charge in [0.2, 0.25) is 0 Å². The minimum atomic E-state index is -0.981. The first-order chi connectivity index (χ1) is 7.11. The molecule has 0 aromatic heterocycles. The number of hydrogen-bond donors (Lipinski definition) is 2. The molecule has 0 aliphatic heterocycles. The smallest absolute Gasteiger partial charge is 0.327 e. The second kappa shape index (κ2) is 7.76. The van der Waals surface area contributed by atoms with Crippen LogP contribution >= 0.6 is 0 Å². The first kappa shape index (κ1) is 13.4. The lowest BCUT2D eigenvalue weighted by Gasteiger charge is -2.05. The minimum absolute atomic E-state index is 0.226. The Morgan fingerprint density at radius 3 is 2.27 bits per heavy atom. The average molecular weight is 208 g/mol. The highest BCUT2D eigenvalue weighted by Gasteiger charge is 2.00. The molecule has 0 fully saturated rings. The number of rotatable bonds is 3. The molecule has 0 radical (unpaired) electrons. The number of aliphatic hydroxyl groups excluding tert-OH is 1. The number of carboxylic acids is 1. The van der Waals surface area contributed by atoms with Crippen LogP contribution in [0.4, 0.5) is 0 Å². The molecule has 0 amide bonds. The third-order valence-electron chi connectivity index (χ3n) is 1.82. The molecule has 0 aliphatic carbocycles. The Hall–Kier alpha value is -1.61. The van der Waals surface area contributed by atoms with Gasteiger partial charge < -0.3 is 10.2 Å². The number of hydrogen-bond acceptors (Lipinski definition) is 2. The van der Waals surface area contributed by atoms with E-state index in [0.717, 1.165) is 6.08 Å². The van der Waals surface area contributed by atoms with Crippen LogP contribution in [0.15, 0.2) is 43.0 Å². The molecule has 1 aromatic rings. The van der Waals surface area contributed by atoms with Gasteiger partial charge in [-0.2, -0.15) is 0 Å². The first-order valence-electron chi connectivity index (χ1n) is 4.63. The molecule has 2 N–H and O–H groups in total. The summed E-state index contributed by atoms with van der Waals surface area (Å²) in [5.74, 6) is -0.716. The van der Waals surface area contributed by atoms with Crippen LogP contribution in [0.1, 0.15) is 18.4 Å². The Labute approximate surface area is 89.7 Å². The van der Waals surface area contributed by atoms with Gasteiger partial charge in [0.05, 0.1) is 0 Å². The average Bonchev–Trinajstić information content (AvgIpc) is 2.30. The third-order valence-corrected chi connectivity index (χ3v) is 1.82. The van der Waals surface area contributed by atoms with Crippen molar-refractivity contribution in [2.75, 3.05) is 6.61 Å². The number of carbonyl (C=O) groups is 1. The van der Waals surface area contributed by atoms with Gasteiger partial charge in [0, 0.05) is 18.6 Å². The maximum Gasteiger partial charge on any atom is 0.327 e. The highest BCUT2D eigenvalue weighted by Crippen LogP contribution is 2.12. The molecular formula is C12H16O3. The molecular weight excluding hydrogens is 192 g/mol. The predicted molar refractivity (Wildman–Crippen MR) is 59.8 cm³/mol. The van der Waals surface area contributed by atoms with Crippen molar-refractivity contribution in [3.8, 4) is 0 Å². The van der Waals surface area contributed by atoms with Gasteiger partial charge in [-0.15, -0.1) is 0 Å². The number of carboxylic acid groups (broad SMARTS) is 1. The van der Waals surface area contributed by atoms with E-state index in [1.54, 1.807) is 0 Å². The van der Waals surface area contributed by atoms with Gasteiger partial charge in [0.1, 0.15) is 0 Å². The lowest BCUT2D eigenvalue weighted by atomic mass is 10.0. The summed E-state index contributed by atoms with van der Waals surface area (Å²) in [5, 5.41) is 16.4. The zero-order valence-corrected chi connectivity index (χ0v) is 8.76. The Kier molecular flexibility index (Phi) is 6.93. The summed E-state index contributed by atoms with van der Waals surface area (Å²) in [6, 6.07) is 10.0. The quantitative estimate of drug-likeness (QED) is 0.747. The van der Waals surface area contributed by atoms with E-state index in [1.807, 2.05) is 37.3 Å². The molecule has 0 heterocycles. The summed E-state index contributed by atoms with van der Waals surface area (Å²) in [4.78, 5) is 9.25. The van der Waals surface area contributed by atoms with Gasteiger partial charge in [-0.25, -0.2) is 4.79 Å². The minimum Gasteiger partial charge on any atom is -0.478 e. The highest BCUT2D eigenvalue weighted by molar-refractivity contribution is 5.78. The molecule has 1 unspecified atom stereocenters. The van der Waals surface area contributed by atoms with Crippen LogP contribution in [0.2, 0.25) is 0 Å². The standard InChI is InChI=1S/C9H12O.C3H4O2/c1-8(7-10)9-5-3-2-4-6-9;1-2-3(4)5/h2-6,8,10H,7H2,1H3;2H,1H2,(H,4,5). The molecule has 0 spiro atoms. The number of aliphatic carboxylic acids is 1. The maximum atomic E-state index is 9.25. The van der Waals surface area contributed by atoms with E-state index in [2.05, 4.69) is 6.58 Å². The summed E-state index contributed by atoms with van der Waals surface area (Å²) in [6.07, 6.45) is 0.833. The zero-order valence-electron chi connectivity index (χ0n) is 8.76. The monoisotopic (exact) mass is 208 g/mol.